The lowest BCUT2D eigenvalue weighted by Crippen LogP contribution is -2.51. The van der Waals surface area contributed by atoms with Crippen LogP contribution in [0.4, 0.5) is 0 Å². The predicted octanol–water partition coefficient (Wildman–Crippen LogP) is 1.93. The lowest BCUT2D eigenvalue weighted by atomic mass is 9.98. The molecule has 1 fully saturated rings. The molecule has 1 unspecified atom stereocenters. The first kappa shape index (κ1) is 14.4. The summed E-state index contributed by atoms with van der Waals surface area (Å²) in [6.45, 7) is 7.54. The highest BCUT2D eigenvalue weighted by Crippen LogP contribution is 2.30. The lowest BCUT2D eigenvalue weighted by Gasteiger charge is -2.36. The molecule has 1 N–H and O–H groups in total. The summed E-state index contributed by atoms with van der Waals surface area (Å²) in [5, 5.41) is 3.56. The lowest BCUT2D eigenvalue weighted by molar-refractivity contribution is 0.149. The zero-order valence-corrected chi connectivity index (χ0v) is 13.2. The molecule has 2 heterocycles. The summed E-state index contributed by atoms with van der Waals surface area (Å²) in [5.41, 5.74) is 1.63. The number of rotatable bonds is 4. The van der Waals surface area contributed by atoms with E-state index in [-0.39, 0.29) is 5.54 Å². The van der Waals surface area contributed by atoms with Gasteiger partial charge < -0.3 is 10.2 Å². The smallest absolute Gasteiger partial charge is 0.193 e. The fourth-order valence-electron chi connectivity index (χ4n) is 3.35. The molecule has 1 atom stereocenters. The molecule has 1 aromatic rings. The van der Waals surface area contributed by atoms with E-state index in [2.05, 4.69) is 64.4 Å². The zero-order valence-electron chi connectivity index (χ0n) is 13.2. The maximum absolute atomic E-state index is 4.53. The van der Waals surface area contributed by atoms with Gasteiger partial charge in [0, 0.05) is 32.2 Å². The minimum atomic E-state index is 0.224. The SMILES string of the molecule is CN1CCN=C1NCC1(C)CCCN1Cc1ccccc1. The maximum Gasteiger partial charge on any atom is 0.193 e. The largest absolute Gasteiger partial charge is 0.354 e. The molecule has 0 spiro atoms. The molecule has 1 aromatic carbocycles. The Labute approximate surface area is 127 Å². The number of benzene rings is 1. The standard InChI is InChI=1S/C17H26N4/c1-17(14-19-16-18-10-12-20(16)2)9-6-11-21(17)13-15-7-4-3-5-8-15/h3-5,7-8H,6,9-14H2,1-2H3,(H,18,19). The van der Waals surface area contributed by atoms with E-state index in [1.807, 2.05) is 0 Å². The highest BCUT2D eigenvalue weighted by Gasteiger charge is 2.36. The summed E-state index contributed by atoms with van der Waals surface area (Å²) >= 11 is 0. The highest BCUT2D eigenvalue weighted by molar-refractivity contribution is 5.81. The van der Waals surface area contributed by atoms with Crippen LogP contribution >= 0.6 is 0 Å². The summed E-state index contributed by atoms with van der Waals surface area (Å²) in [6.07, 6.45) is 2.54. The fraction of sp³-hybridized carbons (Fsp3) is 0.588. The van der Waals surface area contributed by atoms with Crippen LogP contribution in [-0.2, 0) is 6.54 Å². The minimum absolute atomic E-state index is 0.224. The summed E-state index contributed by atoms with van der Waals surface area (Å²) in [4.78, 5) is 9.35. The summed E-state index contributed by atoms with van der Waals surface area (Å²) < 4.78 is 0. The molecule has 0 bridgehead atoms. The van der Waals surface area contributed by atoms with E-state index in [1.54, 1.807) is 0 Å². The van der Waals surface area contributed by atoms with E-state index in [9.17, 15) is 0 Å². The molecule has 0 saturated carbocycles. The molecule has 114 valence electrons. The summed E-state index contributed by atoms with van der Waals surface area (Å²) in [5.74, 6) is 1.06. The molecule has 4 nitrogen and oxygen atoms in total. The van der Waals surface area contributed by atoms with Gasteiger partial charge in [0.2, 0.25) is 0 Å². The van der Waals surface area contributed by atoms with Crippen LogP contribution in [0.25, 0.3) is 0 Å². The average molecular weight is 286 g/mol. The second-order valence-corrected chi connectivity index (χ2v) is 6.49. The van der Waals surface area contributed by atoms with Gasteiger partial charge in [0.05, 0.1) is 6.54 Å². The van der Waals surface area contributed by atoms with Gasteiger partial charge in [-0.05, 0) is 31.9 Å². The molecule has 4 heteroatoms. The van der Waals surface area contributed by atoms with Gasteiger partial charge in [-0.1, -0.05) is 30.3 Å². The molecular weight excluding hydrogens is 260 g/mol. The van der Waals surface area contributed by atoms with E-state index < -0.39 is 0 Å². The van der Waals surface area contributed by atoms with Gasteiger partial charge in [-0.2, -0.15) is 0 Å². The number of nitrogens with zero attached hydrogens (tertiary/aromatic N) is 3. The number of aliphatic imine (C=N–C) groups is 1. The molecule has 2 aliphatic rings. The third-order valence-electron chi connectivity index (χ3n) is 4.81. The van der Waals surface area contributed by atoms with E-state index in [1.165, 1.54) is 24.9 Å². The first-order valence-corrected chi connectivity index (χ1v) is 7.96. The number of hydrogen-bond donors (Lipinski definition) is 1. The van der Waals surface area contributed by atoms with Crippen molar-refractivity contribution in [2.24, 2.45) is 4.99 Å². The van der Waals surface area contributed by atoms with Crippen molar-refractivity contribution in [1.29, 1.82) is 0 Å². The molecular formula is C17H26N4. The normalized spacial score (nSPS) is 26.2. The molecule has 3 rings (SSSR count). The third-order valence-corrected chi connectivity index (χ3v) is 4.81. The van der Waals surface area contributed by atoms with Crippen LogP contribution in [-0.4, -0.2) is 54.5 Å². The molecule has 21 heavy (non-hydrogen) atoms. The first-order chi connectivity index (χ1) is 10.2. The van der Waals surface area contributed by atoms with Crippen molar-refractivity contribution < 1.29 is 0 Å². The van der Waals surface area contributed by atoms with Crippen LogP contribution in [0.2, 0.25) is 0 Å². The molecule has 1 saturated heterocycles. The Morgan fingerprint density at radius 1 is 1.24 bits per heavy atom. The molecule has 0 radical (unpaired) electrons. The van der Waals surface area contributed by atoms with Gasteiger partial charge >= 0.3 is 0 Å². The van der Waals surface area contributed by atoms with Crippen molar-refractivity contribution in [3.8, 4) is 0 Å². The van der Waals surface area contributed by atoms with E-state index >= 15 is 0 Å². The quantitative estimate of drug-likeness (QED) is 0.917. The van der Waals surface area contributed by atoms with Crippen LogP contribution in [0.5, 0.6) is 0 Å². The molecule has 2 aliphatic heterocycles. The van der Waals surface area contributed by atoms with Gasteiger partial charge in [0.1, 0.15) is 0 Å². The summed E-state index contributed by atoms with van der Waals surface area (Å²) in [7, 11) is 2.11. The van der Waals surface area contributed by atoms with Crippen molar-refractivity contribution in [3.05, 3.63) is 35.9 Å². The Kier molecular flexibility index (Phi) is 4.15. The van der Waals surface area contributed by atoms with E-state index in [0.717, 1.165) is 32.1 Å². The zero-order chi connectivity index (χ0) is 14.7. The molecule has 0 aromatic heterocycles. The van der Waals surface area contributed by atoms with Gasteiger partial charge in [-0.3, -0.25) is 9.89 Å². The van der Waals surface area contributed by atoms with Crippen molar-refractivity contribution >= 4 is 5.96 Å². The number of likely N-dealkylation sites (tertiary alicyclic amines) is 1. The Bertz CT molecular complexity index is 499. The van der Waals surface area contributed by atoms with Crippen molar-refractivity contribution in [2.75, 3.05) is 33.2 Å². The summed E-state index contributed by atoms with van der Waals surface area (Å²) in [6, 6.07) is 10.8. The van der Waals surface area contributed by atoms with E-state index in [0.29, 0.717) is 0 Å². The van der Waals surface area contributed by atoms with Crippen molar-refractivity contribution in [2.45, 2.75) is 31.8 Å². The second-order valence-electron chi connectivity index (χ2n) is 6.49. The van der Waals surface area contributed by atoms with Crippen LogP contribution in [0.15, 0.2) is 35.3 Å². The van der Waals surface area contributed by atoms with E-state index in [4.69, 9.17) is 0 Å². The Hall–Kier alpha value is -1.55. The minimum Gasteiger partial charge on any atom is -0.354 e. The number of nitrogens with one attached hydrogen (secondary N) is 1. The maximum atomic E-state index is 4.53. The van der Waals surface area contributed by atoms with Crippen LogP contribution in [0.1, 0.15) is 25.3 Å². The number of hydrogen-bond acceptors (Lipinski definition) is 4. The van der Waals surface area contributed by atoms with Gasteiger partial charge in [0.25, 0.3) is 0 Å². The predicted molar refractivity (Wildman–Crippen MR) is 87.4 cm³/mol. The monoisotopic (exact) mass is 286 g/mol. The Morgan fingerprint density at radius 3 is 2.76 bits per heavy atom. The molecule has 0 aliphatic carbocycles. The molecule has 0 amide bonds. The van der Waals surface area contributed by atoms with Crippen LogP contribution in [0.3, 0.4) is 0 Å². The Morgan fingerprint density at radius 2 is 2.05 bits per heavy atom. The number of likely N-dealkylation sites (N-methyl/N-ethyl adjacent to an activating group) is 1. The van der Waals surface area contributed by atoms with Crippen LogP contribution in [0, 0.1) is 0 Å². The Balaban J connectivity index is 1.62. The number of guanidine groups is 1. The van der Waals surface area contributed by atoms with Crippen molar-refractivity contribution in [3.63, 3.8) is 0 Å². The average Bonchev–Trinajstić information content (AvgIpc) is 3.05. The topological polar surface area (TPSA) is 30.9 Å². The van der Waals surface area contributed by atoms with Gasteiger partial charge in [-0.15, -0.1) is 0 Å². The van der Waals surface area contributed by atoms with Crippen molar-refractivity contribution in [1.82, 2.24) is 15.1 Å². The van der Waals surface area contributed by atoms with Gasteiger partial charge in [-0.25, -0.2) is 0 Å². The second kappa shape index (κ2) is 6.06. The highest BCUT2D eigenvalue weighted by atomic mass is 15.3. The van der Waals surface area contributed by atoms with Gasteiger partial charge in [0.15, 0.2) is 5.96 Å². The fourth-order valence-corrected chi connectivity index (χ4v) is 3.35. The third kappa shape index (κ3) is 3.21. The van der Waals surface area contributed by atoms with Crippen LogP contribution < -0.4 is 5.32 Å². The first-order valence-electron chi connectivity index (χ1n) is 7.96.